The second-order valence-electron chi connectivity index (χ2n) is 6.30. The van der Waals surface area contributed by atoms with Crippen LogP contribution in [0.15, 0.2) is 4.99 Å². The molecule has 4 heteroatoms. The molecule has 100 valence electrons. The second-order valence-corrected chi connectivity index (χ2v) is 6.30. The zero-order valence-corrected chi connectivity index (χ0v) is 11.4. The van der Waals surface area contributed by atoms with E-state index in [0.29, 0.717) is 12.5 Å². The van der Waals surface area contributed by atoms with Crippen molar-refractivity contribution in [3.63, 3.8) is 0 Å². The van der Waals surface area contributed by atoms with Crippen LogP contribution in [-0.2, 0) is 0 Å². The van der Waals surface area contributed by atoms with Gasteiger partial charge in [-0.25, -0.2) is 0 Å². The smallest absolute Gasteiger partial charge is 0.189 e. The molecule has 0 heterocycles. The van der Waals surface area contributed by atoms with Crippen molar-refractivity contribution >= 4 is 5.96 Å². The molecule has 0 aromatic carbocycles. The molecule has 0 atom stereocenters. The summed E-state index contributed by atoms with van der Waals surface area (Å²) in [4.78, 5) is 4.40. The van der Waals surface area contributed by atoms with Gasteiger partial charge in [-0.15, -0.1) is 0 Å². The van der Waals surface area contributed by atoms with E-state index in [1.54, 1.807) is 0 Å². The Balaban J connectivity index is 2.54. The summed E-state index contributed by atoms with van der Waals surface area (Å²) in [5, 5.41) is 12.7. The van der Waals surface area contributed by atoms with E-state index in [-0.39, 0.29) is 17.6 Å². The molecule has 4 nitrogen and oxygen atoms in total. The minimum atomic E-state index is -0.0630. The number of nitrogens with two attached hydrogens (primary N) is 1. The Hall–Kier alpha value is -0.770. The zero-order chi connectivity index (χ0) is 12.9. The molecule has 1 rings (SSSR count). The Bertz CT molecular complexity index is 262. The standard InChI is InChI=1S/C13H27N3O/c1-12(2,3)16-11(14)15-9-13(10-17)7-5-4-6-8-13/h17H,4-10H2,1-3H3,(H3,14,15,16). The van der Waals surface area contributed by atoms with Crippen LogP contribution in [0.5, 0.6) is 0 Å². The Kier molecular flexibility index (Phi) is 4.80. The summed E-state index contributed by atoms with van der Waals surface area (Å²) < 4.78 is 0. The second kappa shape index (κ2) is 5.71. The third-order valence-corrected chi connectivity index (χ3v) is 3.34. The quantitative estimate of drug-likeness (QED) is 0.519. The Morgan fingerprint density at radius 3 is 2.35 bits per heavy atom. The fourth-order valence-corrected chi connectivity index (χ4v) is 2.34. The number of rotatable bonds is 3. The lowest BCUT2D eigenvalue weighted by Gasteiger charge is -2.34. The third-order valence-electron chi connectivity index (χ3n) is 3.34. The molecular formula is C13H27N3O. The van der Waals surface area contributed by atoms with E-state index in [2.05, 4.69) is 31.1 Å². The number of nitrogens with zero attached hydrogens (tertiary/aromatic N) is 1. The van der Waals surface area contributed by atoms with Crippen molar-refractivity contribution in [3.05, 3.63) is 0 Å². The minimum absolute atomic E-state index is 0.0254. The highest BCUT2D eigenvalue weighted by atomic mass is 16.3. The average Bonchev–Trinajstić information content (AvgIpc) is 2.25. The number of aliphatic hydroxyl groups excluding tert-OH is 1. The highest BCUT2D eigenvalue weighted by molar-refractivity contribution is 5.78. The average molecular weight is 241 g/mol. The van der Waals surface area contributed by atoms with Gasteiger partial charge in [0.1, 0.15) is 0 Å². The number of aliphatic hydroxyl groups is 1. The molecule has 0 aliphatic heterocycles. The molecule has 0 aromatic heterocycles. The van der Waals surface area contributed by atoms with Crippen LogP contribution >= 0.6 is 0 Å². The molecule has 4 N–H and O–H groups in total. The fourth-order valence-electron chi connectivity index (χ4n) is 2.34. The maximum atomic E-state index is 9.56. The SMILES string of the molecule is CC(C)(C)NC(N)=NCC1(CO)CCCCC1. The van der Waals surface area contributed by atoms with Crippen LogP contribution in [0, 0.1) is 5.41 Å². The minimum Gasteiger partial charge on any atom is -0.396 e. The van der Waals surface area contributed by atoms with E-state index in [1.165, 1.54) is 19.3 Å². The largest absolute Gasteiger partial charge is 0.396 e. The molecular weight excluding hydrogens is 214 g/mol. The molecule has 0 spiro atoms. The third kappa shape index (κ3) is 4.94. The van der Waals surface area contributed by atoms with Crippen LogP contribution in [0.4, 0.5) is 0 Å². The van der Waals surface area contributed by atoms with Crippen LogP contribution in [0.25, 0.3) is 0 Å². The zero-order valence-electron chi connectivity index (χ0n) is 11.4. The monoisotopic (exact) mass is 241 g/mol. The first-order valence-corrected chi connectivity index (χ1v) is 6.56. The van der Waals surface area contributed by atoms with Crippen molar-refractivity contribution in [3.8, 4) is 0 Å². The van der Waals surface area contributed by atoms with Gasteiger partial charge in [-0.05, 0) is 33.6 Å². The molecule has 0 amide bonds. The summed E-state index contributed by atoms with van der Waals surface area (Å²) in [5.74, 6) is 0.482. The number of guanidine groups is 1. The van der Waals surface area contributed by atoms with E-state index in [0.717, 1.165) is 12.8 Å². The lowest BCUT2D eigenvalue weighted by molar-refractivity contribution is 0.0907. The van der Waals surface area contributed by atoms with E-state index in [9.17, 15) is 5.11 Å². The molecule has 0 unspecified atom stereocenters. The van der Waals surface area contributed by atoms with Gasteiger partial charge in [0.15, 0.2) is 5.96 Å². The van der Waals surface area contributed by atoms with E-state index >= 15 is 0 Å². The van der Waals surface area contributed by atoms with Crippen molar-refractivity contribution in [2.45, 2.75) is 58.4 Å². The predicted octanol–water partition coefficient (Wildman–Crippen LogP) is 1.63. The molecule has 1 saturated carbocycles. The van der Waals surface area contributed by atoms with Gasteiger partial charge in [0.05, 0.1) is 13.2 Å². The Morgan fingerprint density at radius 1 is 1.29 bits per heavy atom. The molecule has 0 saturated heterocycles. The van der Waals surface area contributed by atoms with Gasteiger partial charge in [-0.2, -0.15) is 0 Å². The van der Waals surface area contributed by atoms with Crippen LogP contribution < -0.4 is 11.1 Å². The number of hydrogen-bond donors (Lipinski definition) is 3. The van der Waals surface area contributed by atoms with Crippen molar-refractivity contribution < 1.29 is 5.11 Å². The lowest BCUT2D eigenvalue weighted by atomic mass is 9.75. The number of nitrogens with one attached hydrogen (secondary N) is 1. The highest BCUT2D eigenvalue weighted by Gasteiger charge is 2.31. The normalized spacial score (nSPS) is 21.3. The first kappa shape index (κ1) is 14.3. The predicted molar refractivity (Wildman–Crippen MR) is 72.0 cm³/mol. The van der Waals surface area contributed by atoms with E-state index < -0.39 is 0 Å². The van der Waals surface area contributed by atoms with E-state index in [4.69, 9.17) is 5.73 Å². The van der Waals surface area contributed by atoms with Crippen molar-refractivity contribution in [1.29, 1.82) is 0 Å². The Morgan fingerprint density at radius 2 is 1.88 bits per heavy atom. The highest BCUT2D eigenvalue weighted by Crippen LogP contribution is 2.35. The van der Waals surface area contributed by atoms with Gasteiger partial charge in [-0.3, -0.25) is 4.99 Å². The van der Waals surface area contributed by atoms with Crippen LogP contribution in [0.1, 0.15) is 52.9 Å². The first-order chi connectivity index (χ1) is 7.87. The maximum absolute atomic E-state index is 9.56. The van der Waals surface area contributed by atoms with E-state index in [1.807, 2.05) is 0 Å². The van der Waals surface area contributed by atoms with Gasteiger partial charge in [0.25, 0.3) is 0 Å². The summed E-state index contributed by atoms with van der Waals surface area (Å²) in [6.45, 7) is 7.02. The van der Waals surface area contributed by atoms with Crippen molar-refractivity contribution in [2.24, 2.45) is 16.1 Å². The summed E-state index contributed by atoms with van der Waals surface area (Å²) in [6.07, 6.45) is 5.80. The number of hydrogen-bond acceptors (Lipinski definition) is 2. The number of aliphatic imine (C=N–C) groups is 1. The first-order valence-electron chi connectivity index (χ1n) is 6.56. The molecule has 17 heavy (non-hydrogen) atoms. The van der Waals surface area contributed by atoms with Crippen molar-refractivity contribution in [2.75, 3.05) is 13.2 Å². The Labute approximate surface area is 105 Å². The lowest BCUT2D eigenvalue weighted by Crippen LogP contribution is -2.45. The van der Waals surface area contributed by atoms with Crippen molar-refractivity contribution in [1.82, 2.24) is 5.32 Å². The van der Waals surface area contributed by atoms with Crippen LogP contribution in [-0.4, -0.2) is 29.8 Å². The maximum Gasteiger partial charge on any atom is 0.189 e. The van der Waals surface area contributed by atoms with Crippen LogP contribution in [0.2, 0.25) is 0 Å². The molecule has 1 fully saturated rings. The van der Waals surface area contributed by atoms with Gasteiger partial charge < -0.3 is 16.2 Å². The molecule has 0 bridgehead atoms. The molecule has 0 aromatic rings. The summed E-state index contributed by atoms with van der Waals surface area (Å²) in [5.41, 5.74) is 5.76. The summed E-state index contributed by atoms with van der Waals surface area (Å²) in [7, 11) is 0. The van der Waals surface area contributed by atoms with Gasteiger partial charge in [-0.1, -0.05) is 19.3 Å². The summed E-state index contributed by atoms with van der Waals surface area (Å²) in [6, 6.07) is 0. The summed E-state index contributed by atoms with van der Waals surface area (Å²) >= 11 is 0. The molecule has 0 radical (unpaired) electrons. The van der Waals surface area contributed by atoms with Gasteiger partial charge in [0, 0.05) is 11.0 Å². The molecule has 1 aliphatic rings. The molecule has 1 aliphatic carbocycles. The fraction of sp³-hybridized carbons (Fsp3) is 0.923. The van der Waals surface area contributed by atoms with Gasteiger partial charge in [0.2, 0.25) is 0 Å². The topological polar surface area (TPSA) is 70.6 Å². The van der Waals surface area contributed by atoms with Gasteiger partial charge >= 0.3 is 0 Å². The van der Waals surface area contributed by atoms with Crippen LogP contribution in [0.3, 0.4) is 0 Å².